The Bertz CT molecular complexity index is 7950. The number of aryl methyl sites for hydroxylation is 12. The summed E-state index contributed by atoms with van der Waals surface area (Å²) in [5.74, 6) is -12.0. The van der Waals surface area contributed by atoms with Gasteiger partial charge in [0.25, 0.3) is 63.7 Å². The summed E-state index contributed by atoms with van der Waals surface area (Å²) in [5.41, 5.74) is -5.92. The molecule has 0 bridgehead atoms. The Morgan fingerprint density at radius 2 is 0.575 bits per heavy atom. The van der Waals surface area contributed by atoms with Crippen LogP contribution in [0.15, 0.2) is 132 Å². The van der Waals surface area contributed by atoms with Crippen LogP contribution in [-0.4, -0.2) is 101 Å². The van der Waals surface area contributed by atoms with E-state index in [4.69, 9.17) is 62.0 Å². The van der Waals surface area contributed by atoms with E-state index in [1.54, 1.807) is 41.5 Å². The van der Waals surface area contributed by atoms with Gasteiger partial charge in [0, 0.05) is 85.6 Å². The third kappa shape index (κ3) is 21.0. The molecule has 0 aliphatic carbocycles. The quantitative estimate of drug-likeness (QED) is 0.0260. The highest BCUT2D eigenvalue weighted by Gasteiger charge is 2.33. The SMILES string of the molecule is [2H]C([2H])([2H])C(=O)c1cc(C([2H])([2H])[2H])cc(C([2H])([2H])[2H])c1NC(=O)c1sccc1S(=O)(=O)Nc1onc(C)c1C.[2H]C([2H])([2H])C(=O)c1cc(C([2H])([2H])[2H])cc(C([2H])([2H])[2H])c1NC(=O)c1sccc1S(=O)(=O)Nc1onc(C)c1C([2H])([2H])[2H].[2H]c1c(C)cc(C)c(NC(=O)c2sccc2S(=O)(=O)Nc2onc(C)c2C([2H])([2H])[2H])c1C(=O)C([2H])([2H])[2H].[2H]c1c(C)cc(C)c(NC(=O)c2sccc2S(=O)(=O)Nc2onc(C)c2C)c1C(=O)C([2H])([2H])[2H]. The van der Waals surface area contributed by atoms with Crippen LogP contribution in [0, 0.1) is 110 Å². The van der Waals surface area contributed by atoms with Crippen LogP contribution in [0.1, 0.15) is 241 Å². The molecule has 8 heterocycles. The molecule has 0 unspecified atom stereocenters. The number of sulfonamides is 4. The molecular formula is C80H84N12O20S8. The Labute approximate surface area is 752 Å². The van der Waals surface area contributed by atoms with Crippen LogP contribution in [0.5, 0.6) is 0 Å². The molecule has 4 aromatic carbocycles. The van der Waals surface area contributed by atoms with Crippen LogP contribution in [-0.2, 0) is 40.1 Å². The zero-order chi connectivity index (χ0) is 116. The number of hydrogen-bond donors (Lipinski definition) is 8. The Morgan fingerprint density at radius 3 is 0.817 bits per heavy atom. The molecule has 32 nitrogen and oxygen atoms in total. The summed E-state index contributed by atoms with van der Waals surface area (Å²) in [5, 5.41) is 28.5. The van der Waals surface area contributed by atoms with Gasteiger partial charge in [0.05, 0.1) is 48.3 Å². The first-order chi connectivity index (χ1) is 69.0. The number of carbonyl (C=O) groups is 8. The maximum atomic E-state index is 13.3. The first-order valence-corrected chi connectivity index (χ1v) is 42.7. The third-order valence-corrected chi connectivity index (χ3v) is 26.1. The summed E-state index contributed by atoms with van der Waals surface area (Å²) < 4.78 is 377. The van der Waals surface area contributed by atoms with Crippen LogP contribution >= 0.6 is 45.3 Å². The fourth-order valence-electron chi connectivity index (χ4n) is 10.3. The number of thiophene rings is 4. The van der Waals surface area contributed by atoms with Crippen molar-refractivity contribution in [2.45, 2.75) is 157 Å². The molecule has 4 amide bonds. The fourth-order valence-corrected chi connectivity index (χ4v) is 19.7. The third-order valence-electron chi connectivity index (χ3n) is 16.4. The molecule has 8 N–H and O–H groups in total. The number of Topliss-reactive ketones (excluding diaryl/α,β-unsaturated/α-hetero) is 4. The molecule has 12 aromatic rings. The standard InChI is InChI=1S/4C20H21N3O5S2/c4*1-10-8-11(2)17(15(9-10)14(5)24)21-19(25)18-16(6-7-29-18)30(26,27)23-20-12(3)13(4)22-28-20/h4*6-9,23H,1-5H3,(H,21,25)/i1D3,2D3,3D3,5D3;3D3,5D3,9D;1D3,2D3,5D3;5D3,9D. The van der Waals surface area contributed by atoms with Crippen molar-refractivity contribution in [3.63, 3.8) is 0 Å². The number of rotatable bonds is 24. The van der Waals surface area contributed by atoms with E-state index in [2.05, 4.69) is 51.3 Å². The average molecular weight is 1820 g/mol. The predicted octanol–water partition coefficient (Wildman–Crippen LogP) is 16.9. The molecule has 0 fully saturated rings. The molecule has 632 valence electrons. The van der Waals surface area contributed by atoms with Crippen molar-refractivity contribution < 1.29 is 134 Å². The number of nitrogens with zero attached hydrogens (tertiary/aromatic N) is 4. The first-order valence-electron chi connectivity index (χ1n) is 49.3. The second kappa shape index (κ2) is 37.2. The van der Waals surface area contributed by atoms with Gasteiger partial charge in [0.2, 0.25) is 23.5 Å². The van der Waals surface area contributed by atoms with E-state index in [1.807, 2.05) is 9.44 Å². The maximum Gasteiger partial charge on any atom is 0.267 e. The number of aromatic nitrogens is 4. The number of anilines is 8. The number of benzene rings is 4. The Kier molecular flexibility index (Phi) is 17.5. The minimum Gasteiger partial charge on any atom is -0.337 e. The van der Waals surface area contributed by atoms with Crippen LogP contribution in [0.2, 0.25) is 0 Å². The van der Waals surface area contributed by atoms with Crippen LogP contribution in [0.3, 0.4) is 0 Å². The Hall–Kier alpha value is -11.9. The lowest BCUT2D eigenvalue weighted by Crippen LogP contribution is -2.20. The van der Waals surface area contributed by atoms with Gasteiger partial charge in [0.1, 0.15) is 39.1 Å². The zero-order valence-corrected chi connectivity index (χ0v) is 69.8. The lowest BCUT2D eigenvalue weighted by atomic mass is 10.0. The van der Waals surface area contributed by atoms with Gasteiger partial charge < -0.3 is 39.4 Å². The van der Waals surface area contributed by atoms with E-state index in [-0.39, 0.29) is 66.8 Å². The topological polar surface area (TPSA) is 473 Å². The molecule has 0 aliphatic rings. The monoisotopic (exact) mass is 1820 g/mol. The van der Waals surface area contributed by atoms with Crippen LogP contribution in [0.25, 0.3) is 0 Å². The predicted molar refractivity (Wildman–Crippen MR) is 460 cm³/mol. The van der Waals surface area contributed by atoms with Gasteiger partial charge in [0.15, 0.2) is 23.1 Å². The summed E-state index contributed by atoms with van der Waals surface area (Å²) in [7, 11) is -18.0. The molecule has 0 saturated heterocycles. The molecule has 0 radical (unpaired) electrons. The van der Waals surface area contributed by atoms with E-state index in [9.17, 15) is 72.0 Å². The highest BCUT2D eigenvalue weighted by Crippen LogP contribution is 2.36. The van der Waals surface area contributed by atoms with E-state index >= 15 is 0 Å². The summed E-state index contributed by atoms with van der Waals surface area (Å²) in [6.45, 7) is -15.5. The van der Waals surface area contributed by atoms with E-state index < -0.39 is 259 Å². The fraction of sp³-hybridized carbons (Fsp3) is 0.250. The van der Waals surface area contributed by atoms with Crippen molar-refractivity contribution in [2.24, 2.45) is 0 Å². The number of ketones is 4. The van der Waals surface area contributed by atoms with Crippen molar-refractivity contribution in [1.29, 1.82) is 0 Å². The Morgan fingerprint density at radius 1 is 0.325 bits per heavy atom. The Balaban J connectivity index is 0.000000225. The van der Waals surface area contributed by atoms with Crippen molar-refractivity contribution >= 4 is 178 Å². The number of hydrogen-bond acceptors (Lipinski definition) is 28. The largest absolute Gasteiger partial charge is 0.337 e. The minimum absolute atomic E-state index is 0.0477. The molecule has 0 aliphatic heterocycles. The second-order valence-electron chi connectivity index (χ2n) is 25.1. The van der Waals surface area contributed by atoms with E-state index in [0.29, 0.717) is 86.1 Å². The van der Waals surface area contributed by atoms with Gasteiger partial charge in [-0.25, -0.2) is 52.6 Å². The summed E-state index contributed by atoms with van der Waals surface area (Å²) >= 11 is 2.78. The molecule has 0 saturated carbocycles. The molecule has 8 aromatic heterocycles. The first kappa shape index (κ1) is 56.5. The number of amides is 4. The maximum absolute atomic E-state index is 13.3. The lowest BCUT2D eigenvalue weighted by molar-refractivity contribution is 0.100. The summed E-state index contributed by atoms with van der Waals surface area (Å²) in [6.07, 6.45) is 0. The van der Waals surface area contributed by atoms with Crippen LogP contribution < -0.4 is 40.2 Å². The highest BCUT2D eigenvalue weighted by atomic mass is 32.2. The zero-order valence-electron chi connectivity index (χ0n) is 95.3. The lowest BCUT2D eigenvalue weighted by Gasteiger charge is -2.14. The highest BCUT2D eigenvalue weighted by molar-refractivity contribution is 7.94. The molecule has 0 atom stereocenters. The van der Waals surface area contributed by atoms with Crippen molar-refractivity contribution in [3.8, 4) is 0 Å². The van der Waals surface area contributed by atoms with Gasteiger partial charge in [-0.1, -0.05) is 44.9 Å². The van der Waals surface area contributed by atoms with E-state index in [0.717, 1.165) is 46.3 Å². The van der Waals surface area contributed by atoms with Gasteiger partial charge in [-0.15, -0.1) is 45.3 Å². The van der Waals surface area contributed by atoms with Gasteiger partial charge >= 0.3 is 0 Å². The summed E-state index contributed by atoms with van der Waals surface area (Å²) in [6, 6.07) is 9.36. The van der Waals surface area contributed by atoms with E-state index in [1.165, 1.54) is 62.0 Å². The smallest absolute Gasteiger partial charge is 0.267 e. The number of carbonyl (C=O) groups excluding carboxylic acids is 8. The van der Waals surface area contributed by atoms with Crippen molar-refractivity contribution in [3.05, 3.63) is 226 Å². The average Bonchev–Trinajstić information content (AvgIpc) is 1.58. The molecular weight excluding hydrogens is 1710 g/mol. The van der Waals surface area contributed by atoms with Gasteiger partial charge in [-0.05, 0) is 252 Å². The van der Waals surface area contributed by atoms with Crippen LogP contribution in [0.4, 0.5) is 46.3 Å². The van der Waals surface area contributed by atoms with Crippen molar-refractivity contribution in [2.75, 3.05) is 40.2 Å². The minimum atomic E-state index is -4.75. The van der Waals surface area contributed by atoms with Gasteiger partial charge in [-0.3, -0.25) is 38.4 Å². The van der Waals surface area contributed by atoms with Crippen molar-refractivity contribution in [1.82, 2.24) is 20.6 Å². The molecule has 0 spiro atoms. The molecule has 12 rings (SSSR count). The summed E-state index contributed by atoms with van der Waals surface area (Å²) in [4.78, 5) is 100.0. The number of nitrogens with one attached hydrogen (secondary N) is 8. The molecule has 40 heteroatoms. The normalized spacial score (nSPS) is 16.4. The molecule has 120 heavy (non-hydrogen) atoms. The van der Waals surface area contributed by atoms with Gasteiger partial charge in [-0.2, -0.15) is 0 Å². The second-order valence-corrected chi connectivity index (χ2v) is 35.3.